The third kappa shape index (κ3) is 4.28. The number of hydrogen-bond donors (Lipinski definition) is 1. The summed E-state index contributed by atoms with van der Waals surface area (Å²) in [6.45, 7) is 2.10. The van der Waals surface area contributed by atoms with Crippen LogP contribution in [0.15, 0.2) is 72.8 Å². The van der Waals surface area contributed by atoms with E-state index in [-0.39, 0.29) is 0 Å². The van der Waals surface area contributed by atoms with Crippen LogP contribution in [0.1, 0.15) is 18.4 Å². The molecule has 1 saturated heterocycles. The Morgan fingerprint density at radius 2 is 1.52 bits per heavy atom. The molecule has 0 unspecified atom stereocenters. The summed E-state index contributed by atoms with van der Waals surface area (Å²) in [6, 6.07) is 25.4. The Balaban J connectivity index is 1.35. The summed E-state index contributed by atoms with van der Waals surface area (Å²) in [5.74, 6) is 0.733. The van der Waals surface area contributed by atoms with E-state index in [9.17, 15) is 0 Å². The molecule has 0 spiro atoms. The van der Waals surface area contributed by atoms with Gasteiger partial charge < -0.3 is 10.6 Å². The predicted octanol–water partition coefficient (Wildman–Crippen LogP) is 6.05. The molecule has 2 nitrogen and oxygen atoms in total. The average Bonchev–Trinajstić information content (AvgIpc) is 2.70. The van der Waals surface area contributed by atoms with Crippen molar-refractivity contribution in [2.24, 2.45) is 5.92 Å². The predicted molar refractivity (Wildman–Crippen MR) is 116 cm³/mol. The highest BCUT2D eigenvalue weighted by Gasteiger charge is 2.21. The molecule has 0 aliphatic carbocycles. The lowest BCUT2D eigenvalue weighted by Gasteiger charge is -2.34. The van der Waals surface area contributed by atoms with Gasteiger partial charge in [0.05, 0.1) is 10.7 Å². The summed E-state index contributed by atoms with van der Waals surface area (Å²) in [5.41, 5.74) is 11.6. The second kappa shape index (κ2) is 8.06. The normalized spacial score (nSPS) is 15.1. The molecule has 1 aliphatic heterocycles. The van der Waals surface area contributed by atoms with Crippen LogP contribution >= 0.6 is 11.6 Å². The molecule has 1 heterocycles. The molecule has 3 aromatic rings. The van der Waals surface area contributed by atoms with E-state index in [0.717, 1.165) is 41.8 Å². The number of rotatable bonds is 4. The van der Waals surface area contributed by atoms with Crippen molar-refractivity contribution < 1.29 is 0 Å². The first-order valence-corrected chi connectivity index (χ1v) is 10.0. The first-order valence-electron chi connectivity index (χ1n) is 9.63. The van der Waals surface area contributed by atoms with Gasteiger partial charge in [-0.2, -0.15) is 0 Å². The molecule has 138 valence electrons. The van der Waals surface area contributed by atoms with E-state index in [1.54, 1.807) is 0 Å². The van der Waals surface area contributed by atoms with E-state index < -0.39 is 0 Å². The number of nitrogen functional groups attached to an aromatic ring is 1. The molecule has 3 heteroatoms. The van der Waals surface area contributed by atoms with Crippen LogP contribution in [0.2, 0.25) is 5.02 Å². The van der Waals surface area contributed by atoms with Crippen molar-refractivity contribution in [2.45, 2.75) is 19.3 Å². The van der Waals surface area contributed by atoms with Crippen molar-refractivity contribution in [3.05, 3.63) is 83.4 Å². The van der Waals surface area contributed by atoms with E-state index in [2.05, 4.69) is 59.5 Å². The van der Waals surface area contributed by atoms with Gasteiger partial charge in [0.2, 0.25) is 0 Å². The van der Waals surface area contributed by atoms with Gasteiger partial charge in [0.1, 0.15) is 0 Å². The minimum Gasteiger partial charge on any atom is -0.399 e. The Kier molecular flexibility index (Phi) is 5.35. The Hall–Kier alpha value is -2.45. The average molecular weight is 377 g/mol. The van der Waals surface area contributed by atoms with E-state index in [1.807, 2.05) is 18.2 Å². The number of nitrogens with zero attached hydrogens (tertiary/aromatic N) is 1. The zero-order valence-corrected chi connectivity index (χ0v) is 16.2. The van der Waals surface area contributed by atoms with Crippen molar-refractivity contribution in [3.8, 4) is 11.1 Å². The highest BCUT2D eigenvalue weighted by molar-refractivity contribution is 6.33. The SMILES string of the molecule is Nc1ccc(N2CCC(Cc3ccc(-c4ccccc4)cc3)CC2)c(Cl)c1. The number of anilines is 2. The van der Waals surface area contributed by atoms with Crippen molar-refractivity contribution >= 4 is 23.0 Å². The summed E-state index contributed by atoms with van der Waals surface area (Å²) in [6.07, 6.45) is 3.54. The lowest BCUT2D eigenvalue weighted by molar-refractivity contribution is 0.404. The Labute approximate surface area is 166 Å². The van der Waals surface area contributed by atoms with Gasteiger partial charge >= 0.3 is 0 Å². The summed E-state index contributed by atoms with van der Waals surface area (Å²) >= 11 is 6.37. The molecular formula is C24H25ClN2. The number of nitrogens with two attached hydrogens (primary N) is 1. The zero-order chi connectivity index (χ0) is 18.6. The van der Waals surface area contributed by atoms with Crippen LogP contribution < -0.4 is 10.6 Å². The topological polar surface area (TPSA) is 29.3 Å². The van der Waals surface area contributed by atoms with Crippen LogP contribution in [0, 0.1) is 5.92 Å². The molecule has 1 aliphatic rings. The van der Waals surface area contributed by atoms with Crippen LogP contribution in [0.4, 0.5) is 11.4 Å². The molecule has 0 atom stereocenters. The van der Waals surface area contributed by atoms with E-state index in [0.29, 0.717) is 0 Å². The zero-order valence-electron chi connectivity index (χ0n) is 15.4. The van der Waals surface area contributed by atoms with Gasteiger partial charge in [-0.15, -0.1) is 0 Å². The molecular weight excluding hydrogens is 352 g/mol. The molecule has 4 rings (SSSR count). The van der Waals surface area contributed by atoms with Gasteiger partial charge in [-0.25, -0.2) is 0 Å². The standard InChI is InChI=1S/C24H25ClN2/c25-23-17-22(26)10-11-24(23)27-14-12-19(13-15-27)16-18-6-8-21(9-7-18)20-4-2-1-3-5-20/h1-11,17,19H,12-16,26H2. The van der Waals surface area contributed by atoms with Crippen molar-refractivity contribution in [2.75, 3.05) is 23.7 Å². The van der Waals surface area contributed by atoms with Gasteiger partial charge in [0.25, 0.3) is 0 Å². The van der Waals surface area contributed by atoms with Gasteiger partial charge in [0, 0.05) is 18.8 Å². The molecule has 27 heavy (non-hydrogen) atoms. The smallest absolute Gasteiger partial charge is 0.0660 e. The number of piperidine rings is 1. The van der Waals surface area contributed by atoms with Crippen LogP contribution in [-0.2, 0) is 6.42 Å². The van der Waals surface area contributed by atoms with E-state index >= 15 is 0 Å². The summed E-state index contributed by atoms with van der Waals surface area (Å²) in [7, 11) is 0. The van der Waals surface area contributed by atoms with Crippen molar-refractivity contribution in [1.29, 1.82) is 0 Å². The minimum atomic E-state index is 0.720. The fourth-order valence-corrected chi connectivity index (χ4v) is 4.26. The van der Waals surface area contributed by atoms with Crippen LogP contribution in [0.5, 0.6) is 0 Å². The van der Waals surface area contributed by atoms with Gasteiger partial charge in [-0.3, -0.25) is 0 Å². The summed E-state index contributed by atoms with van der Waals surface area (Å²) in [5, 5.41) is 0.755. The molecule has 1 fully saturated rings. The largest absolute Gasteiger partial charge is 0.399 e. The molecule has 0 saturated carbocycles. The second-order valence-electron chi connectivity index (χ2n) is 7.41. The Bertz CT molecular complexity index is 882. The molecule has 2 N–H and O–H groups in total. The maximum atomic E-state index is 6.37. The minimum absolute atomic E-state index is 0.720. The monoisotopic (exact) mass is 376 g/mol. The van der Waals surface area contributed by atoms with Crippen molar-refractivity contribution in [1.82, 2.24) is 0 Å². The van der Waals surface area contributed by atoms with Crippen LogP contribution in [-0.4, -0.2) is 13.1 Å². The number of halogens is 1. The van der Waals surface area contributed by atoms with E-state index in [4.69, 9.17) is 17.3 Å². The Morgan fingerprint density at radius 3 is 2.19 bits per heavy atom. The number of hydrogen-bond acceptors (Lipinski definition) is 2. The van der Waals surface area contributed by atoms with Gasteiger partial charge in [-0.05, 0) is 60.1 Å². The van der Waals surface area contributed by atoms with Gasteiger partial charge in [-0.1, -0.05) is 66.2 Å². The summed E-state index contributed by atoms with van der Waals surface area (Å²) < 4.78 is 0. The first kappa shape index (κ1) is 17.9. The molecule has 0 bridgehead atoms. The lowest BCUT2D eigenvalue weighted by Crippen LogP contribution is -2.34. The number of benzene rings is 3. The highest BCUT2D eigenvalue weighted by atomic mass is 35.5. The quantitative estimate of drug-likeness (QED) is 0.561. The van der Waals surface area contributed by atoms with Gasteiger partial charge in [0.15, 0.2) is 0 Å². The third-order valence-electron chi connectivity index (χ3n) is 5.51. The lowest BCUT2D eigenvalue weighted by atomic mass is 9.89. The third-order valence-corrected chi connectivity index (χ3v) is 5.82. The van der Waals surface area contributed by atoms with Crippen LogP contribution in [0.3, 0.4) is 0 Å². The molecule has 0 radical (unpaired) electrons. The molecule has 3 aromatic carbocycles. The second-order valence-corrected chi connectivity index (χ2v) is 7.82. The molecule has 0 aromatic heterocycles. The van der Waals surface area contributed by atoms with E-state index in [1.165, 1.54) is 29.5 Å². The van der Waals surface area contributed by atoms with Crippen LogP contribution in [0.25, 0.3) is 11.1 Å². The maximum Gasteiger partial charge on any atom is 0.0660 e. The first-order chi connectivity index (χ1) is 13.2. The fraction of sp³-hybridized carbons (Fsp3) is 0.250. The summed E-state index contributed by atoms with van der Waals surface area (Å²) in [4.78, 5) is 2.39. The molecule has 0 amide bonds. The maximum absolute atomic E-state index is 6.37. The Morgan fingerprint density at radius 1 is 0.852 bits per heavy atom. The van der Waals surface area contributed by atoms with Crippen molar-refractivity contribution in [3.63, 3.8) is 0 Å². The fourth-order valence-electron chi connectivity index (χ4n) is 3.95. The highest BCUT2D eigenvalue weighted by Crippen LogP contribution is 2.32.